The zero-order chi connectivity index (χ0) is 15.6. The summed E-state index contributed by atoms with van der Waals surface area (Å²) in [6.45, 7) is 2.58. The van der Waals surface area contributed by atoms with Gasteiger partial charge < -0.3 is 5.73 Å². The molecule has 21 heavy (non-hydrogen) atoms. The van der Waals surface area contributed by atoms with Crippen molar-refractivity contribution in [2.45, 2.75) is 18.4 Å². The standard InChI is InChI=1S/C13H14Br2N2O2S2/c1-2-17(8-10-4-6-13(15)20-10)21(18,19)12-5-3-9(16)7-11(12)14/h3-7H,2,8,16H2,1H3. The van der Waals surface area contributed by atoms with Gasteiger partial charge in [-0.15, -0.1) is 11.3 Å². The molecule has 0 atom stereocenters. The van der Waals surface area contributed by atoms with Gasteiger partial charge in [-0.1, -0.05) is 6.92 Å². The lowest BCUT2D eigenvalue weighted by Gasteiger charge is -2.20. The van der Waals surface area contributed by atoms with E-state index in [2.05, 4.69) is 31.9 Å². The largest absolute Gasteiger partial charge is 0.399 e. The summed E-state index contributed by atoms with van der Waals surface area (Å²) in [4.78, 5) is 1.22. The predicted octanol–water partition coefficient (Wildman–Crippen LogP) is 4.07. The van der Waals surface area contributed by atoms with Gasteiger partial charge >= 0.3 is 0 Å². The maximum Gasteiger partial charge on any atom is 0.244 e. The van der Waals surface area contributed by atoms with Crippen molar-refractivity contribution in [1.29, 1.82) is 0 Å². The zero-order valence-electron chi connectivity index (χ0n) is 11.2. The number of hydrogen-bond acceptors (Lipinski definition) is 4. The van der Waals surface area contributed by atoms with Gasteiger partial charge in [0.2, 0.25) is 10.0 Å². The second-order valence-corrected chi connectivity index (χ2v) is 9.64. The topological polar surface area (TPSA) is 63.4 Å². The first-order valence-corrected chi connectivity index (χ1v) is 9.98. The molecule has 0 unspecified atom stereocenters. The van der Waals surface area contributed by atoms with Crippen LogP contribution in [-0.4, -0.2) is 19.3 Å². The van der Waals surface area contributed by atoms with Gasteiger partial charge in [-0.05, 0) is 62.2 Å². The van der Waals surface area contributed by atoms with Crippen LogP contribution < -0.4 is 5.73 Å². The van der Waals surface area contributed by atoms with Crippen LogP contribution in [0.2, 0.25) is 0 Å². The number of anilines is 1. The van der Waals surface area contributed by atoms with E-state index in [1.807, 2.05) is 19.1 Å². The maximum absolute atomic E-state index is 12.8. The average molecular weight is 454 g/mol. The van der Waals surface area contributed by atoms with Crippen molar-refractivity contribution < 1.29 is 8.42 Å². The van der Waals surface area contributed by atoms with Crippen molar-refractivity contribution in [1.82, 2.24) is 4.31 Å². The first-order valence-electron chi connectivity index (χ1n) is 6.14. The van der Waals surface area contributed by atoms with Crippen LogP contribution in [0.15, 0.2) is 43.5 Å². The summed E-state index contributed by atoms with van der Waals surface area (Å²) in [7, 11) is -3.57. The van der Waals surface area contributed by atoms with E-state index in [0.717, 1.165) is 8.66 Å². The Morgan fingerprint density at radius 3 is 2.48 bits per heavy atom. The van der Waals surface area contributed by atoms with E-state index < -0.39 is 10.0 Å². The van der Waals surface area contributed by atoms with Crippen molar-refractivity contribution in [3.8, 4) is 0 Å². The number of benzene rings is 1. The van der Waals surface area contributed by atoms with Crippen molar-refractivity contribution in [3.05, 3.63) is 43.5 Å². The Balaban J connectivity index is 2.35. The molecule has 4 nitrogen and oxygen atoms in total. The molecule has 1 aromatic heterocycles. The van der Waals surface area contributed by atoms with Gasteiger partial charge in [0, 0.05) is 28.1 Å². The van der Waals surface area contributed by atoms with Crippen molar-refractivity contribution in [2.75, 3.05) is 12.3 Å². The molecule has 1 aromatic carbocycles. The Morgan fingerprint density at radius 2 is 1.95 bits per heavy atom. The molecule has 0 aliphatic heterocycles. The molecular weight excluding hydrogens is 440 g/mol. The Kier molecular flexibility index (Phi) is 5.48. The van der Waals surface area contributed by atoms with Crippen LogP contribution in [0, 0.1) is 0 Å². The first-order chi connectivity index (χ1) is 9.84. The van der Waals surface area contributed by atoms with E-state index >= 15 is 0 Å². The molecule has 0 aliphatic carbocycles. The first kappa shape index (κ1) is 17.0. The molecule has 0 amide bonds. The van der Waals surface area contributed by atoms with E-state index in [9.17, 15) is 8.42 Å². The minimum atomic E-state index is -3.57. The second kappa shape index (κ2) is 6.78. The van der Waals surface area contributed by atoms with Gasteiger partial charge in [-0.3, -0.25) is 0 Å². The molecular formula is C13H14Br2N2O2S2. The Hall–Kier alpha value is -0.410. The monoisotopic (exact) mass is 452 g/mol. The summed E-state index contributed by atoms with van der Waals surface area (Å²) in [5.74, 6) is 0. The molecule has 2 rings (SSSR count). The van der Waals surface area contributed by atoms with Crippen LogP contribution in [0.25, 0.3) is 0 Å². The van der Waals surface area contributed by atoms with E-state index in [1.54, 1.807) is 12.1 Å². The molecule has 0 radical (unpaired) electrons. The molecule has 0 aliphatic rings. The van der Waals surface area contributed by atoms with Gasteiger partial charge in [0.1, 0.15) is 0 Å². The molecule has 0 saturated carbocycles. The molecule has 2 N–H and O–H groups in total. The van der Waals surface area contributed by atoms with Gasteiger partial charge in [-0.25, -0.2) is 8.42 Å². The zero-order valence-corrected chi connectivity index (χ0v) is 16.0. The van der Waals surface area contributed by atoms with E-state index in [4.69, 9.17) is 5.73 Å². The Labute approximate surface area is 145 Å². The third kappa shape index (κ3) is 3.87. The SMILES string of the molecule is CCN(Cc1ccc(Br)s1)S(=O)(=O)c1ccc(N)cc1Br. The molecule has 114 valence electrons. The summed E-state index contributed by atoms with van der Waals surface area (Å²) >= 11 is 8.20. The van der Waals surface area contributed by atoms with Crippen molar-refractivity contribution in [2.24, 2.45) is 0 Å². The summed E-state index contributed by atoms with van der Waals surface area (Å²) in [6.07, 6.45) is 0. The molecule has 1 heterocycles. The van der Waals surface area contributed by atoms with Crippen LogP contribution in [0.1, 0.15) is 11.8 Å². The number of halogens is 2. The van der Waals surface area contributed by atoms with Gasteiger partial charge in [0.15, 0.2) is 0 Å². The summed E-state index contributed by atoms with van der Waals surface area (Å²) in [6, 6.07) is 8.56. The minimum Gasteiger partial charge on any atom is -0.399 e. The highest BCUT2D eigenvalue weighted by Crippen LogP contribution is 2.29. The normalized spacial score (nSPS) is 12.0. The Bertz CT molecular complexity index is 744. The minimum absolute atomic E-state index is 0.231. The number of nitrogens with zero attached hydrogens (tertiary/aromatic N) is 1. The second-order valence-electron chi connectivity index (χ2n) is 4.33. The van der Waals surface area contributed by atoms with Gasteiger partial charge in [0.25, 0.3) is 0 Å². The summed E-state index contributed by atoms with van der Waals surface area (Å²) < 4.78 is 28.4. The van der Waals surface area contributed by atoms with E-state index in [0.29, 0.717) is 23.2 Å². The smallest absolute Gasteiger partial charge is 0.244 e. The lowest BCUT2D eigenvalue weighted by Crippen LogP contribution is -2.30. The molecule has 0 saturated heterocycles. The number of hydrogen-bond donors (Lipinski definition) is 1. The number of sulfonamides is 1. The van der Waals surface area contributed by atoms with Crippen LogP contribution in [0.4, 0.5) is 5.69 Å². The summed E-state index contributed by atoms with van der Waals surface area (Å²) in [5.41, 5.74) is 6.18. The van der Waals surface area contributed by atoms with Crippen molar-refractivity contribution >= 4 is 58.9 Å². The lowest BCUT2D eigenvalue weighted by atomic mass is 10.3. The summed E-state index contributed by atoms with van der Waals surface area (Å²) in [5, 5.41) is 0. The van der Waals surface area contributed by atoms with E-state index in [1.165, 1.54) is 21.7 Å². The fraction of sp³-hybridized carbons (Fsp3) is 0.231. The third-order valence-corrected chi connectivity index (χ3v) is 7.39. The van der Waals surface area contributed by atoms with Crippen molar-refractivity contribution in [3.63, 3.8) is 0 Å². The number of nitrogen functional groups attached to an aromatic ring is 1. The van der Waals surface area contributed by atoms with Gasteiger partial charge in [-0.2, -0.15) is 4.31 Å². The maximum atomic E-state index is 12.8. The third-order valence-electron chi connectivity index (χ3n) is 2.89. The number of nitrogens with two attached hydrogens (primary N) is 1. The number of thiophene rings is 1. The predicted molar refractivity (Wildman–Crippen MR) is 93.8 cm³/mol. The molecule has 8 heteroatoms. The van der Waals surface area contributed by atoms with Gasteiger partial charge in [0.05, 0.1) is 8.68 Å². The lowest BCUT2D eigenvalue weighted by molar-refractivity contribution is 0.426. The highest BCUT2D eigenvalue weighted by molar-refractivity contribution is 9.11. The Morgan fingerprint density at radius 1 is 1.24 bits per heavy atom. The van der Waals surface area contributed by atoms with Crippen LogP contribution in [0.3, 0.4) is 0 Å². The fourth-order valence-electron chi connectivity index (χ4n) is 1.84. The average Bonchev–Trinajstić information content (AvgIpc) is 2.80. The molecule has 2 aromatic rings. The highest BCUT2D eigenvalue weighted by atomic mass is 79.9. The quantitative estimate of drug-likeness (QED) is 0.694. The number of rotatable bonds is 5. The fourth-order valence-corrected chi connectivity index (χ4v) is 5.91. The molecule has 0 fully saturated rings. The molecule has 0 spiro atoms. The van der Waals surface area contributed by atoms with Crippen LogP contribution in [0.5, 0.6) is 0 Å². The molecule has 0 bridgehead atoms. The van der Waals surface area contributed by atoms with E-state index in [-0.39, 0.29) is 4.90 Å². The van der Waals surface area contributed by atoms with Crippen LogP contribution >= 0.6 is 43.2 Å². The van der Waals surface area contributed by atoms with Crippen LogP contribution in [-0.2, 0) is 16.6 Å². The highest BCUT2D eigenvalue weighted by Gasteiger charge is 2.25.